The second-order valence-corrected chi connectivity index (χ2v) is 7.23. The molecule has 0 aliphatic rings. The van der Waals surface area contributed by atoms with Crippen LogP contribution in [0.3, 0.4) is 0 Å². The molecule has 0 aliphatic carbocycles. The maximum atomic E-state index is 13.1. The highest BCUT2D eigenvalue weighted by Crippen LogP contribution is 2.15. The molecular formula is C30H20O. The molecule has 0 N–H and O–H groups in total. The van der Waals surface area contributed by atoms with Crippen molar-refractivity contribution in [1.82, 2.24) is 0 Å². The summed E-state index contributed by atoms with van der Waals surface area (Å²) < 4.78 is 0. The quantitative estimate of drug-likeness (QED) is 0.299. The Morgan fingerprint density at radius 1 is 0.516 bits per heavy atom. The van der Waals surface area contributed by atoms with Gasteiger partial charge in [0.2, 0.25) is 0 Å². The summed E-state index contributed by atoms with van der Waals surface area (Å²) in [6.07, 6.45) is 0. The van der Waals surface area contributed by atoms with Crippen molar-refractivity contribution in [2.24, 2.45) is 0 Å². The third kappa shape index (κ3) is 5.39. The Labute approximate surface area is 183 Å². The van der Waals surface area contributed by atoms with Crippen molar-refractivity contribution >= 4 is 5.78 Å². The molecular weight excluding hydrogens is 376 g/mol. The van der Waals surface area contributed by atoms with Crippen LogP contribution in [0.2, 0.25) is 0 Å². The molecule has 0 aromatic heterocycles. The van der Waals surface area contributed by atoms with E-state index >= 15 is 0 Å². The fourth-order valence-corrected chi connectivity index (χ4v) is 3.11. The molecule has 0 saturated carbocycles. The Bertz CT molecular complexity index is 1250. The van der Waals surface area contributed by atoms with Crippen LogP contribution in [-0.2, 0) is 0 Å². The van der Waals surface area contributed by atoms with E-state index in [1.54, 1.807) is 0 Å². The summed E-state index contributed by atoms with van der Waals surface area (Å²) in [7, 11) is 0. The summed E-state index contributed by atoms with van der Waals surface area (Å²) in [5.41, 5.74) is 5.73. The predicted molar refractivity (Wildman–Crippen MR) is 126 cm³/mol. The van der Waals surface area contributed by atoms with Crippen LogP contribution < -0.4 is 0 Å². The topological polar surface area (TPSA) is 17.1 Å². The fourth-order valence-electron chi connectivity index (χ4n) is 3.11. The van der Waals surface area contributed by atoms with E-state index in [9.17, 15) is 4.79 Å². The summed E-state index contributed by atoms with van der Waals surface area (Å²) >= 11 is 0. The highest BCUT2D eigenvalue weighted by Gasteiger charge is 2.10. The predicted octanol–water partition coefficient (Wildman–Crippen LogP) is 6.03. The van der Waals surface area contributed by atoms with Crippen molar-refractivity contribution in [2.45, 2.75) is 6.92 Å². The molecule has 0 saturated heterocycles. The van der Waals surface area contributed by atoms with Crippen molar-refractivity contribution in [2.75, 3.05) is 0 Å². The number of ketones is 1. The Kier molecular flexibility index (Phi) is 6.08. The van der Waals surface area contributed by atoms with Gasteiger partial charge in [0.1, 0.15) is 0 Å². The van der Waals surface area contributed by atoms with Crippen molar-refractivity contribution in [3.63, 3.8) is 0 Å². The van der Waals surface area contributed by atoms with Gasteiger partial charge in [0.05, 0.1) is 0 Å². The Balaban J connectivity index is 1.75. The lowest BCUT2D eigenvalue weighted by Gasteiger charge is -2.04. The van der Waals surface area contributed by atoms with Crippen LogP contribution in [-0.4, -0.2) is 5.78 Å². The molecule has 31 heavy (non-hydrogen) atoms. The van der Waals surface area contributed by atoms with Crippen LogP contribution in [0.1, 0.15) is 43.7 Å². The molecule has 0 fully saturated rings. The van der Waals surface area contributed by atoms with E-state index in [0.717, 1.165) is 27.8 Å². The molecule has 0 heterocycles. The molecule has 4 rings (SSSR count). The van der Waals surface area contributed by atoms with Crippen LogP contribution >= 0.6 is 0 Å². The number of benzene rings is 4. The van der Waals surface area contributed by atoms with Gasteiger partial charge in [0, 0.05) is 33.4 Å². The van der Waals surface area contributed by atoms with E-state index in [4.69, 9.17) is 0 Å². The van der Waals surface area contributed by atoms with Gasteiger partial charge in [-0.3, -0.25) is 4.79 Å². The van der Waals surface area contributed by atoms with E-state index in [1.807, 2.05) is 110 Å². The van der Waals surface area contributed by atoms with Gasteiger partial charge in [-0.25, -0.2) is 0 Å². The van der Waals surface area contributed by atoms with Gasteiger partial charge < -0.3 is 0 Å². The van der Waals surface area contributed by atoms with E-state index in [0.29, 0.717) is 11.1 Å². The molecule has 0 bridgehead atoms. The molecule has 4 aromatic carbocycles. The van der Waals surface area contributed by atoms with Crippen molar-refractivity contribution in [1.29, 1.82) is 0 Å². The normalized spacial score (nSPS) is 9.71. The lowest BCUT2D eigenvalue weighted by atomic mass is 9.98. The molecule has 146 valence electrons. The summed E-state index contributed by atoms with van der Waals surface area (Å²) in [6.45, 7) is 2.01. The number of rotatable bonds is 2. The number of aryl methyl sites for hydroxylation is 1. The minimum Gasteiger partial charge on any atom is -0.289 e. The van der Waals surface area contributed by atoms with Crippen LogP contribution in [0.5, 0.6) is 0 Å². The molecule has 0 amide bonds. The highest BCUT2D eigenvalue weighted by atomic mass is 16.1. The largest absolute Gasteiger partial charge is 0.289 e. The second-order valence-electron chi connectivity index (χ2n) is 7.23. The summed E-state index contributed by atoms with van der Waals surface area (Å²) in [5.74, 6) is 12.7. The van der Waals surface area contributed by atoms with Gasteiger partial charge in [-0.2, -0.15) is 0 Å². The third-order valence-electron chi connectivity index (χ3n) is 4.76. The van der Waals surface area contributed by atoms with Crippen molar-refractivity contribution in [3.8, 4) is 23.7 Å². The van der Waals surface area contributed by atoms with Gasteiger partial charge in [0.25, 0.3) is 0 Å². The first-order valence-corrected chi connectivity index (χ1v) is 10.1. The molecule has 1 nitrogen and oxygen atoms in total. The van der Waals surface area contributed by atoms with Crippen LogP contribution in [0.15, 0.2) is 103 Å². The zero-order chi connectivity index (χ0) is 21.5. The first kappa shape index (κ1) is 20.0. The highest BCUT2D eigenvalue weighted by molar-refractivity contribution is 6.09. The van der Waals surface area contributed by atoms with Gasteiger partial charge in [-0.15, -0.1) is 0 Å². The van der Waals surface area contributed by atoms with Gasteiger partial charge in [-0.05, 0) is 49.4 Å². The van der Waals surface area contributed by atoms with Gasteiger partial charge in [-0.1, -0.05) is 89.9 Å². The number of carbonyl (C=O) groups excluding carboxylic acids is 1. The van der Waals surface area contributed by atoms with Crippen molar-refractivity contribution < 1.29 is 4.79 Å². The number of carbonyl (C=O) groups is 1. The lowest BCUT2D eigenvalue weighted by Crippen LogP contribution is -2.02. The van der Waals surface area contributed by atoms with E-state index in [2.05, 4.69) is 23.7 Å². The smallest absolute Gasteiger partial charge is 0.193 e. The first-order chi connectivity index (χ1) is 15.2. The minimum atomic E-state index is -0.0360. The maximum Gasteiger partial charge on any atom is 0.193 e. The summed E-state index contributed by atoms with van der Waals surface area (Å²) in [4.78, 5) is 13.1. The zero-order valence-corrected chi connectivity index (χ0v) is 17.2. The Morgan fingerprint density at radius 3 is 1.45 bits per heavy atom. The van der Waals surface area contributed by atoms with Crippen LogP contribution in [0, 0.1) is 30.6 Å². The molecule has 0 radical (unpaired) electrons. The molecule has 1 heteroatoms. The number of hydrogen-bond acceptors (Lipinski definition) is 1. The molecule has 4 aromatic rings. The summed E-state index contributed by atoms with van der Waals surface area (Å²) in [6, 6.07) is 32.8. The Morgan fingerprint density at radius 2 is 0.968 bits per heavy atom. The second kappa shape index (κ2) is 9.45. The summed E-state index contributed by atoms with van der Waals surface area (Å²) in [5, 5.41) is 0. The first-order valence-electron chi connectivity index (χ1n) is 10.1. The standard InChI is InChI=1S/C30H20O/c1-23-12-18-28(19-13-23)30(31)29-21-26(16-14-24-8-4-2-5-9-24)20-27(22-29)17-15-25-10-6-3-7-11-25/h2-13,18-22H,1H3. The Hall–Kier alpha value is -4.33. The molecule has 0 spiro atoms. The van der Waals surface area contributed by atoms with Gasteiger partial charge in [0.15, 0.2) is 5.78 Å². The minimum absolute atomic E-state index is 0.0360. The zero-order valence-electron chi connectivity index (χ0n) is 17.2. The van der Waals surface area contributed by atoms with Gasteiger partial charge >= 0.3 is 0 Å². The van der Waals surface area contributed by atoms with E-state index in [1.165, 1.54) is 0 Å². The average molecular weight is 396 g/mol. The van der Waals surface area contributed by atoms with Crippen LogP contribution in [0.4, 0.5) is 0 Å². The molecule has 0 unspecified atom stereocenters. The average Bonchev–Trinajstić information content (AvgIpc) is 2.83. The van der Waals surface area contributed by atoms with E-state index < -0.39 is 0 Å². The number of hydrogen-bond donors (Lipinski definition) is 0. The van der Waals surface area contributed by atoms with E-state index in [-0.39, 0.29) is 5.78 Å². The monoisotopic (exact) mass is 396 g/mol. The van der Waals surface area contributed by atoms with Crippen molar-refractivity contribution in [3.05, 3.63) is 142 Å². The third-order valence-corrected chi connectivity index (χ3v) is 4.76. The molecule has 0 aliphatic heterocycles. The molecule has 0 atom stereocenters. The maximum absolute atomic E-state index is 13.1. The van der Waals surface area contributed by atoms with Crippen LogP contribution in [0.25, 0.3) is 0 Å². The fraction of sp³-hybridized carbons (Fsp3) is 0.0333. The lowest BCUT2D eigenvalue weighted by molar-refractivity contribution is 0.103. The SMILES string of the molecule is Cc1ccc(C(=O)c2cc(C#Cc3ccccc3)cc(C#Cc3ccccc3)c2)cc1.